The molecule has 0 spiro atoms. The van der Waals surface area contributed by atoms with Gasteiger partial charge >= 0.3 is 0 Å². The quantitative estimate of drug-likeness (QED) is 0.807. The summed E-state index contributed by atoms with van der Waals surface area (Å²) in [7, 11) is 4.34. The van der Waals surface area contributed by atoms with Crippen molar-refractivity contribution in [1.82, 2.24) is 4.90 Å². The van der Waals surface area contributed by atoms with Crippen LogP contribution < -0.4 is 4.74 Å². The Morgan fingerprint density at radius 2 is 1.47 bits per heavy atom. The lowest BCUT2D eigenvalue weighted by atomic mass is 9.92. The van der Waals surface area contributed by atoms with E-state index in [0.29, 0.717) is 6.10 Å². The van der Waals surface area contributed by atoms with E-state index < -0.39 is 0 Å². The molecule has 108 valence electrons. The summed E-state index contributed by atoms with van der Waals surface area (Å²) < 4.78 is 6.02. The molecule has 1 aromatic rings. The molecule has 1 aromatic carbocycles. The summed E-state index contributed by atoms with van der Waals surface area (Å²) in [6, 6.07) is 9.12. The molecule has 1 aliphatic rings. The van der Waals surface area contributed by atoms with Crippen LogP contribution in [0.2, 0.25) is 0 Å². The first-order valence-corrected chi connectivity index (χ1v) is 7.55. The van der Waals surface area contributed by atoms with Crippen LogP contribution in [0.4, 0.5) is 0 Å². The van der Waals surface area contributed by atoms with Crippen LogP contribution in [-0.2, 0) is 0 Å². The highest BCUT2D eigenvalue weighted by molar-refractivity contribution is 5.26. The fourth-order valence-corrected chi connectivity index (χ4v) is 2.49. The molecule has 0 atom stereocenters. The van der Waals surface area contributed by atoms with Crippen LogP contribution in [0.25, 0.3) is 0 Å². The van der Waals surface area contributed by atoms with Crippen LogP contribution in [-0.4, -0.2) is 31.1 Å². The average Bonchev–Trinajstić information content (AvgIpc) is 2.44. The second-order valence-electron chi connectivity index (χ2n) is 5.33. The molecule has 0 bridgehead atoms. The van der Waals surface area contributed by atoms with E-state index in [1.54, 1.807) is 0 Å². The van der Waals surface area contributed by atoms with E-state index >= 15 is 0 Å². The van der Waals surface area contributed by atoms with E-state index in [-0.39, 0.29) is 0 Å². The first-order chi connectivity index (χ1) is 9.15. The van der Waals surface area contributed by atoms with E-state index in [1.165, 1.54) is 31.2 Å². The summed E-state index contributed by atoms with van der Waals surface area (Å²) in [5.41, 5.74) is 1.29. The number of benzene rings is 1. The molecule has 0 N–H and O–H groups in total. The van der Waals surface area contributed by atoms with Gasteiger partial charge in [0.15, 0.2) is 0 Å². The Morgan fingerprint density at radius 3 is 1.95 bits per heavy atom. The van der Waals surface area contributed by atoms with Crippen molar-refractivity contribution in [1.29, 1.82) is 0 Å². The third-order valence-electron chi connectivity index (χ3n) is 3.70. The maximum Gasteiger partial charge on any atom is 0.119 e. The van der Waals surface area contributed by atoms with Gasteiger partial charge in [-0.25, -0.2) is 0 Å². The topological polar surface area (TPSA) is 12.5 Å². The van der Waals surface area contributed by atoms with Gasteiger partial charge in [-0.2, -0.15) is 0 Å². The number of aryl methyl sites for hydroxylation is 1. The SMILES string of the molecule is CC.Cc1ccc(OC2CCC(N(C)C)CC2)cc1. The Hall–Kier alpha value is -1.02. The van der Waals surface area contributed by atoms with Crippen LogP contribution in [0.1, 0.15) is 45.1 Å². The highest BCUT2D eigenvalue weighted by Gasteiger charge is 2.23. The van der Waals surface area contributed by atoms with Crippen molar-refractivity contribution in [2.45, 2.75) is 58.6 Å². The second kappa shape index (κ2) is 8.21. The molecule has 2 nitrogen and oxygen atoms in total. The minimum Gasteiger partial charge on any atom is -0.490 e. The van der Waals surface area contributed by atoms with Gasteiger partial charge in [0.05, 0.1) is 6.10 Å². The van der Waals surface area contributed by atoms with E-state index in [2.05, 4.69) is 50.2 Å². The van der Waals surface area contributed by atoms with Crippen molar-refractivity contribution in [2.75, 3.05) is 14.1 Å². The van der Waals surface area contributed by atoms with Crippen LogP contribution in [0, 0.1) is 6.92 Å². The monoisotopic (exact) mass is 263 g/mol. The molecule has 1 aliphatic carbocycles. The summed E-state index contributed by atoms with van der Waals surface area (Å²) in [4.78, 5) is 2.34. The first kappa shape index (κ1) is 16.0. The number of hydrogen-bond acceptors (Lipinski definition) is 2. The van der Waals surface area contributed by atoms with Crippen LogP contribution in [0.15, 0.2) is 24.3 Å². The minimum absolute atomic E-state index is 0.411. The van der Waals surface area contributed by atoms with Crippen molar-refractivity contribution < 1.29 is 4.74 Å². The van der Waals surface area contributed by atoms with Crippen molar-refractivity contribution in [3.05, 3.63) is 29.8 Å². The maximum atomic E-state index is 6.02. The Labute approximate surface area is 118 Å². The normalized spacial score (nSPS) is 22.6. The predicted octanol–water partition coefficient (Wildman–Crippen LogP) is 4.27. The van der Waals surface area contributed by atoms with Crippen LogP contribution in [0.5, 0.6) is 5.75 Å². The number of hydrogen-bond donors (Lipinski definition) is 0. The molecule has 2 heteroatoms. The van der Waals surface area contributed by atoms with Crippen molar-refractivity contribution in [3.8, 4) is 5.75 Å². The van der Waals surface area contributed by atoms with Gasteiger partial charge in [-0.05, 0) is 58.8 Å². The van der Waals surface area contributed by atoms with E-state index in [9.17, 15) is 0 Å². The third-order valence-corrected chi connectivity index (χ3v) is 3.70. The molecule has 0 heterocycles. The van der Waals surface area contributed by atoms with Crippen LogP contribution in [0.3, 0.4) is 0 Å². The summed E-state index contributed by atoms with van der Waals surface area (Å²) in [5.74, 6) is 1.02. The van der Waals surface area contributed by atoms with Gasteiger partial charge in [0.1, 0.15) is 5.75 Å². The van der Waals surface area contributed by atoms with E-state index in [1.807, 2.05) is 13.8 Å². The zero-order valence-corrected chi connectivity index (χ0v) is 13.1. The standard InChI is InChI=1S/C15H23NO.C2H6/c1-12-4-8-14(9-5-12)17-15-10-6-13(7-11-15)16(2)3;1-2/h4-5,8-9,13,15H,6-7,10-11H2,1-3H3;1-2H3. The average molecular weight is 263 g/mol. The molecular formula is C17H29NO. The molecule has 1 fully saturated rings. The fraction of sp³-hybridized carbons (Fsp3) is 0.647. The summed E-state index contributed by atoms with van der Waals surface area (Å²) >= 11 is 0. The van der Waals surface area contributed by atoms with Gasteiger partial charge in [-0.15, -0.1) is 0 Å². The number of nitrogens with zero attached hydrogens (tertiary/aromatic N) is 1. The van der Waals surface area contributed by atoms with Gasteiger partial charge in [0.2, 0.25) is 0 Å². The molecule has 0 aromatic heterocycles. The highest BCUT2D eigenvalue weighted by atomic mass is 16.5. The van der Waals surface area contributed by atoms with Gasteiger partial charge in [0, 0.05) is 6.04 Å². The predicted molar refractivity (Wildman–Crippen MR) is 82.9 cm³/mol. The first-order valence-electron chi connectivity index (χ1n) is 7.55. The minimum atomic E-state index is 0.411. The largest absolute Gasteiger partial charge is 0.490 e. The molecule has 0 unspecified atom stereocenters. The molecule has 19 heavy (non-hydrogen) atoms. The highest BCUT2D eigenvalue weighted by Crippen LogP contribution is 2.25. The molecule has 2 rings (SSSR count). The van der Waals surface area contributed by atoms with E-state index in [4.69, 9.17) is 4.74 Å². The Balaban J connectivity index is 0.000000861. The van der Waals surface area contributed by atoms with Gasteiger partial charge in [-0.1, -0.05) is 31.5 Å². The molecule has 0 amide bonds. The van der Waals surface area contributed by atoms with E-state index in [0.717, 1.165) is 11.8 Å². The Kier molecular flexibility index (Phi) is 6.93. The van der Waals surface area contributed by atoms with Gasteiger partial charge in [-0.3, -0.25) is 0 Å². The molecule has 0 radical (unpaired) electrons. The Morgan fingerprint density at radius 1 is 0.947 bits per heavy atom. The molecule has 0 aliphatic heterocycles. The number of rotatable bonds is 3. The molecular weight excluding hydrogens is 234 g/mol. The third kappa shape index (κ3) is 5.23. The zero-order valence-electron chi connectivity index (χ0n) is 13.1. The maximum absolute atomic E-state index is 6.02. The second-order valence-corrected chi connectivity index (χ2v) is 5.33. The zero-order chi connectivity index (χ0) is 14.3. The lowest BCUT2D eigenvalue weighted by molar-refractivity contribution is 0.111. The smallest absolute Gasteiger partial charge is 0.119 e. The Bertz CT molecular complexity index is 337. The van der Waals surface area contributed by atoms with Gasteiger partial charge in [0.25, 0.3) is 0 Å². The molecule has 1 saturated carbocycles. The number of ether oxygens (including phenoxy) is 1. The summed E-state index contributed by atoms with van der Waals surface area (Å²) in [6.07, 6.45) is 5.27. The fourth-order valence-electron chi connectivity index (χ4n) is 2.49. The summed E-state index contributed by atoms with van der Waals surface area (Å²) in [5, 5.41) is 0. The molecule has 0 saturated heterocycles. The van der Waals surface area contributed by atoms with Crippen molar-refractivity contribution in [3.63, 3.8) is 0 Å². The summed E-state index contributed by atoms with van der Waals surface area (Å²) in [6.45, 7) is 6.10. The lowest BCUT2D eigenvalue weighted by Gasteiger charge is -2.32. The lowest BCUT2D eigenvalue weighted by Crippen LogP contribution is -2.35. The van der Waals surface area contributed by atoms with Crippen molar-refractivity contribution in [2.24, 2.45) is 0 Å². The van der Waals surface area contributed by atoms with Crippen molar-refractivity contribution >= 4 is 0 Å². The van der Waals surface area contributed by atoms with Crippen LogP contribution >= 0.6 is 0 Å². The van der Waals surface area contributed by atoms with Gasteiger partial charge < -0.3 is 9.64 Å².